The topological polar surface area (TPSA) is 134 Å². The van der Waals surface area contributed by atoms with Gasteiger partial charge >= 0.3 is 19.8 Å². The third-order valence-corrected chi connectivity index (χ3v) is 16.7. The lowest BCUT2D eigenvalue weighted by Gasteiger charge is -2.19. The van der Waals surface area contributed by atoms with E-state index in [1.807, 2.05) is 0 Å². The number of nitrogens with two attached hydrogens (primary N) is 1. The number of phosphoric ester groups is 1. The summed E-state index contributed by atoms with van der Waals surface area (Å²) in [4.78, 5) is 35.4. The Bertz CT molecular complexity index is 2010. The number of ether oxygens (including phenoxy) is 2. The van der Waals surface area contributed by atoms with Crippen LogP contribution in [0.1, 0.15) is 322 Å². The van der Waals surface area contributed by atoms with Gasteiger partial charge in [0.2, 0.25) is 0 Å². The van der Waals surface area contributed by atoms with Crippen molar-refractivity contribution in [2.75, 3.05) is 26.4 Å². The summed E-state index contributed by atoms with van der Waals surface area (Å²) in [6.07, 6.45) is 108. The van der Waals surface area contributed by atoms with E-state index in [1.165, 1.54) is 167 Å². The minimum atomic E-state index is -4.40. The maximum Gasteiger partial charge on any atom is 0.472 e. The zero-order valence-electron chi connectivity index (χ0n) is 58.5. The SMILES string of the molecule is CC/C=C\C/C=C\C/C=C\C/C=C\C/C=C\C/C=C\C/C=C\CCCCCCCCCCCCCC(=O)OC(COC(=O)CCCCCCCCCCCCCCCCCCCCCCC/C=C\C/C=C\C/C=C\C/C=C\C/C=C\CC)COP(=O)(O)OCCN. The van der Waals surface area contributed by atoms with Crippen molar-refractivity contribution in [3.63, 3.8) is 0 Å². The Balaban J connectivity index is 3.86. The van der Waals surface area contributed by atoms with Crippen LogP contribution in [0.3, 0.4) is 0 Å². The first-order valence-electron chi connectivity index (χ1n) is 37.3. The van der Waals surface area contributed by atoms with Crippen molar-refractivity contribution in [1.29, 1.82) is 0 Å². The van der Waals surface area contributed by atoms with Crippen molar-refractivity contribution < 1.29 is 37.6 Å². The molecule has 0 bridgehead atoms. The van der Waals surface area contributed by atoms with Gasteiger partial charge in [-0.1, -0.05) is 339 Å². The number of unbranched alkanes of at least 4 members (excludes halogenated alkanes) is 32. The van der Waals surface area contributed by atoms with Gasteiger partial charge in [0.05, 0.1) is 13.2 Å². The van der Waals surface area contributed by atoms with Crippen LogP contribution in [-0.4, -0.2) is 49.3 Å². The van der Waals surface area contributed by atoms with Gasteiger partial charge in [0, 0.05) is 19.4 Å². The molecule has 0 aromatic rings. The highest BCUT2D eigenvalue weighted by atomic mass is 31.2. The lowest BCUT2D eigenvalue weighted by molar-refractivity contribution is -0.161. The van der Waals surface area contributed by atoms with E-state index in [2.05, 4.69) is 160 Å². The van der Waals surface area contributed by atoms with Crippen molar-refractivity contribution in [3.05, 3.63) is 146 Å². The zero-order valence-corrected chi connectivity index (χ0v) is 59.4. The number of esters is 2. The van der Waals surface area contributed by atoms with Crippen LogP contribution in [0.2, 0.25) is 0 Å². The highest BCUT2D eigenvalue weighted by Gasteiger charge is 2.26. The van der Waals surface area contributed by atoms with Crippen molar-refractivity contribution in [2.24, 2.45) is 5.73 Å². The molecular weight excluding hydrogens is 1150 g/mol. The molecule has 0 aromatic heterocycles. The van der Waals surface area contributed by atoms with Crippen LogP contribution >= 0.6 is 7.82 Å². The van der Waals surface area contributed by atoms with Crippen LogP contribution in [0.5, 0.6) is 0 Å². The Kier molecular flexibility index (Phi) is 71.5. The van der Waals surface area contributed by atoms with Crippen molar-refractivity contribution in [3.8, 4) is 0 Å². The predicted octanol–water partition coefficient (Wildman–Crippen LogP) is 25.0. The van der Waals surface area contributed by atoms with Gasteiger partial charge in [-0.25, -0.2) is 4.57 Å². The average Bonchev–Trinajstić information content (AvgIpc) is 3.74. The van der Waals surface area contributed by atoms with Crippen LogP contribution in [0, 0.1) is 0 Å². The first-order chi connectivity index (χ1) is 44.8. The largest absolute Gasteiger partial charge is 0.472 e. The molecule has 0 aliphatic rings. The molecule has 0 fully saturated rings. The summed E-state index contributed by atoms with van der Waals surface area (Å²) in [5, 5.41) is 0. The van der Waals surface area contributed by atoms with Gasteiger partial charge in [-0.15, -0.1) is 0 Å². The maximum absolute atomic E-state index is 12.8. The molecule has 0 saturated heterocycles. The Labute approximate surface area is 560 Å². The van der Waals surface area contributed by atoms with E-state index in [0.717, 1.165) is 122 Å². The Morgan fingerprint density at radius 2 is 0.571 bits per heavy atom. The van der Waals surface area contributed by atoms with Gasteiger partial charge in [0.25, 0.3) is 0 Å². The van der Waals surface area contributed by atoms with E-state index < -0.39 is 26.5 Å². The van der Waals surface area contributed by atoms with Gasteiger partial charge in [-0.2, -0.15) is 0 Å². The zero-order chi connectivity index (χ0) is 65.8. The fourth-order valence-corrected chi connectivity index (χ4v) is 11.1. The lowest BCUT2D eigenvalue weighted by Crippen LogP contribution is -2.29. The molecule has 0 rings (SSSR count). The average molecular weight is 1280 g/mol. The third-order valence-electron chi connectivity index (χ3n) is 15.7. The van der Waals surface area contributed by atoms with Gasteiger partial charge in [0.15, 0.2) is 6.10 Å². The maximum atomic E-state index is 12.8. The van der Waals surface area contributed by atoms with Crippen molar-refractivity contribution in [1.82, 2.24) is 0 Å². The van der Waals surface area contributed by atoms with E-state index in [4.69, 9.17) is 24.3 Å². The summed E-state index contributed by atoms with van der Waals surface area (Å²) in [6.45, 7) is 3.54. The van der Waals surface area contributed by atoms with Crippen LogP contribution in [0.4, 0.5) is 0 Å². The lowest BCUT2D eigenvalue weighted by atomic mass is 10.0. The monoisotopic (exact) mass is 1280 g/mol. The molecular formula is C81H138NO8P. The van der Waals surface area contributed by atoms with Crippen LogP contribution < -0.4 is 5.73 Å². The van der Waals surface area contributed by atoms with E-state index >= 15 is 0 Å². The molecule has 0 saturated carbocycles. The normalized spacial score (nSPS) is 13.8. The number of phosphoric acid groups is 1. The molecule has 0 amide bonds. The Morgan fingerprint density at radius 1 is 0.330 bits per heavy atom. The molecule has 3 N–H and O–H groups in total. The molecule has 0 heterocycles. The summed E-state index contributed by atoms with van der Waals surface area (Å²) >= 11 is 0. The second kappa shape index (κ2) is 74.9. The second-order valence-electron chi connectivity index (χ2n) is 24.4. The quantitative estimate of drug-likeness (QED) is 0.0264. The number of allylic oxidation sites excluding steroid dienone is 24. The van der Waals surface area contributed by atoms with E-state index in [-0.39, 0.29) is 38.6 Å². The number of carbonyl (C=O) groups excluding carboxylic acids is 2. The summed E-state index contributed by atoms with van der Waals surface area (Å²) in [5.41, 5.74) is 5.41. The van der Waals surface area contributed by atoms with Crippen molar-refractivity contribution >= 4 is 19.8 Å². The molecule has 91 heavy (non-hydrogen) atoms. The highest BCUT2D eigenvalue weighted by molar-refractivity contribution is 7.47. The highest BCUT2D eigenvalue weighted by Crippen LogP contribution is 2.43. The minimum Gasteiger partial charge on any atom is -0.462 e. The molecule has 0 aliphatic heterocycles. The number of carbonyl (C=O) groups is 2. The van der Waals surface area contributed by atoms with Crippen LogP contribution in [-0.2, 0) is 32.7 Å². The number of hydrogen-bond donors (Lipinski definition) is 2. The fraction of sp³-hybridized carbons (Fsp3) is 0.679. The molecule has 2 atom stereocenters. The van der Waals surface area contributed by atoms with Gasteiger partial charge < -0.3 is 20.1 Å². The van der Waals surface area contributed by atoms with Gasteiger partial charge in [-0.05, 0) is 116 Å². The Morgan fingerprint density at radius 3 is 0.846 bits per heavy atom. The van der Waals surface area contributed by atoms with Crippen molar-refractivity contribution in [2.45, 2.75) is 328 Å². The molecule has 0 aliphatic carbocycles. The summed E-state index contributed by atoms with van der Waals surface area (Å²) in [7, 11) is -4.40. The fourth-order valence-electron chi connectivity index (χ4n) is 10.3. The first kappa shape index (κ1) is 86.9. The molecule has 0 radical (unpaired) electrons. The van der Waals surface area contributed by atoms with Gasteiger partial charge in [-0.3, -0.25) is 18.6 Å². The Hall–Kier alpha value is -4.11. The van der Waals surface area contributed by atoms with E-state index in [9.17, 15) is 19.0 Å². The van der Waals surface area contributed by atoms with E-state index in [1.54, 1.807) is 0 Å². The van der Waals surface area contributed by atoms with E-state index in [0.29, 0.717) is 6.42 Å². The molecule has 0 spiro atoms. The molecule has 10 heteroatoms. The van der Waals surface area contributed by atoms with Gasteiger partial charge in [0.1, 0.15) is 6.61 Å². The number of rotatable bonds is 69. The molecule has 2 unspecified atom stereocenters. The minimum absolute atomic E-state index is 0.0485. The van der Waals surface area contributed by atoms with Crippen LogP contribution in [0.25, 0.3) is 0 Å². The summed E-state index contributed by atoms with van der Waals surface area (Å²) in [5.74, 6) is -0.826. The summed E-state index contributed by atoms with van der Waals surface area (Å²) < 4.78 is 33.2. The smallest absolute Gasteiger partial charge is 0.462 e. The number of hydrogen-bond acceptors (Lipinski definition) is 8. The molecule has 0 aromatic carbocycles. The molecule has 9 nitrogen and oxygen atoms in total. The third kappa shape index (κ3) is 74.8. The predicted molar refractivity (Wildman–Crippen MR) is 394 cm³/mol. The summed E-state index contributed by atoms with van der Waals surface area (Å²) in [6, 6.07) is 0. The van der Waals surface area contributed by atoms with Crippen LogP contribution in [0.15, 0.2) is 146 Å². The standard InChI is InChI=1S/C81H138NO8P/c1-3-5-7-9-11-13-15-17-19-21-23-25-27-29-31-33-35-37-38-39-40-42-43-45-47-49-51-53-55-57-59-61-63-65-67-69-71-73-80(83)87-77-79(78-89-91(85,86)88-76-75-82)90-81(84)74-72-70-68-66-64-62-60-58-56-54-52-50-48-46-44-41-36-34-32-30-28-26-24-22-20-18-16-14-12-10-8-6-4-2/h5-8,11-14,17-20,23-26,29-32,36,41,46,48,79H,3-4,9-10,15-16,21-22,27-28,33-35,37-40,42-45,47,49-78,82H2,1-2H3,(H,85,86)/b7-5-,8-6-,13-11-,14-12-,19-17-,20-18-,25-23-,26-24-,31-29-,32-30-,41-36-,48-46-. The molecule has 520 valence electrons. The second-order valence-corrected chi connectivity index (χ2v) is 25.9. The first-order valence-corrected chi connectivity index (χ1v) is 38.8.